The van der Waals surface area contributed by atoms with E-state index in [1.807, 2.05) is 30.3 Å². The van der Waals surface area contributed by atoms with Gasteiger partial charge in [0.1, 0.15) is 5.41 Å². The van der Waals surface area contributed by atoms with Crippen LogP contribution in [0, 0.1) is 0 Å². The second kappa shape index (κ2) is 7.50. The summed E-state index contributed by atoms with van der Waals surface area (Å²) in [5.74, 6) is -1.06. The number of aromatic nitrogens is 4. The van der Waals surface area contributed by atoms with E-state index in [1.165, 1.54) is 29.0 Å². The molecule has 2 aromatic carbocycles. The van der Waals surface area contributed by atoms with E-state index in [-0.39, 0.29) is 12.1 Å². The summed E-state index contributed by atoms with van der Waals surface area (Å²) in [5, 5.41) is 22.4. The average molecular weight is 426 g/mol. The van der Waals surface area contributed by atoms with Crippen LogP contribution in [-0.4, -0.2) is 30.9 Å². The van der Waals surface area contributed by atoms with Gasteiger partial charge in [-0.3, -0.25) is 4.79 Å². The quantitative estimate of drug-likeness (QED) is 0.512. The fraction of sp³-hybridized carbons (Fsp3) is 0.182. The third-order valence-corrected chi connectivity index (χ3v) is 5.27. The monoisotopic (exact) mass is 426 g/mol. The number of rotatable bonds is 5. The van der Waals surface area contributed by atoms with Crippen molar-refractivity contribution >= 4 is 11.6 Å². The Hall–Kier alpha value is -3.75. The number of carbonyl (C=O) groups is 1. The summed E-state index contributed by atoms with van der Waals surface area (Å²) in [5.41, 5.74) is 0.196. The van der Waals surface area contributed by atoms with Gasteiger partial charge in [0.2, 0.25) is 0 Å². The van der Waals surface area contributed by atoms with Crippen LogP contribution in [0.1, 0.15) is 23.7 Å². The minimum absolute atomic E-state index is 0.194. The Morgan fingerprint density at radius 2 is 1.71 bits per heavy atom. The van der Waals surface area contributed by atoms with Crippen molar-refractivity contribution in [3.05, 3.63) is 83.8 Å². The van der Waals surface area contributed by atoms with E-state index < -0.39 is 23.1 Å². The number of carboxylic acids is 1. The van der Waals surface area contributed by atoms with Gasteiger partial charge in [0.15, 0.2) is 5.65 Å². The van der Waals surface area contributed by atoms with Gasteiger partial charge in [-0.1, -0.05) is 42.5 Å². The van der Waals surface area contributed by atoms with Crippen LogP contribution in [0.5, 0.6) is 0 Å². The zero-order chi connectivity index (χ0) is 22.2. The highest BCUT2D eigenvalue weighted by Gasteiger charge is 2.39. The summed E-state index contributed by atoms with van der Waals surface area (Å²) in [6, 6.07) is 13.8. The summed E-state index contributed by atoms with van der Waals surface area (Å²) >= 11 is 0. The number of hydrogen-bond acceptors (Lipinski definition) is 4. The minimum Gasteiger partial charge on any atom is -0.481 e. The summed E-state index contributed by atoms with van der Waals surface area (Å²) in [6.07, 6.45) is -1.44. The summed E-state index contributed by atoms with van der Waals surface area (Å²) < 4.78 is 40.0. The maximum Gasteiger partial charge on any atom is 0.416 e. The number of alkyl halides is 3. The van der Waals surface area contributed by atoms with Crippen LogP contribution in [0.3, 0.4) is 0 Å². The zero-order valence-electron chi connectivity index (χ0n) is 16.3. The molecular weight excluding hydrogens is 409 g/mol. The van der Waals surface area contributed by atoms with Gasteiger partial charge in [-0.05, 0) is 36.6 Å². The molecule has 0 radical (unpaired) electrons. The molecule has 0 bridgehead atoms. The van der Waals surface area contributed by atoms with Gasteiger partial charge in [-0.2, -0.15) is 23.4 Å². The maximum atomic E-state index is 12.9. The molecule has 4 aromatic rings. The number of aliphatic carboxylic acids is 1. The van der Waals surface area contributed by atoms with Crippen molar-refractivity contribution in [3.63, 3.8) is 0 Å². The van der Waals surface area contributed by atoms with Crippen molar-refractivity contribution in [2.24, 2.45) is 0 Å². The molecule has 1 unspecified atom stereocenters. The molecule has 0 amide bonds. The third-order valence-electron chi connectivity index (χ3n) is 5.27. The van der Waals surface area contributed by atoms with Crippen LogP contribution in [0.15, 0.2) is 67.0 Å². The molecule has 158 valence electrons. The predicted molar refractivity (Wildman–Crippen MR) is 106 cm³/mol. The molecule has 6 nitrogen and oxygen atoms in total. The van der Waals surface area contributed by atoms with Gasteiger partial charge >= 0.3 is 12.1 Å². The van der Waals surface area contributed by atoms with Gasteiger partial charge in [0.25, 0.3) is 0 Å². The number of fused-ring (bicyclic) bond motifs is 1. The Bertz CT molecular complexity index is 1240. The molecule has 0 aliphatic rings. The second-order valence-corrected chi connectivity index (χ2v) is 7.40. The molecule has 0 fully saturated rings. The molecule has 9 heteroatoms. The molecule has 1 atom stereocenters. The number of hydrogen-bond donors (Lipinski definition) is 1. The van der Waals surface area contributed by atoms with E-state index in [4.69, 9.17) is 0 Å². The topological polar surface area (TPSA) is 80.4 Å². The highest BCUT2D eigenvalue weighted by atomic mass is 19.4. The first-order valence-electron chi connectivity index (χ1n) is 9.35. The van der Waals surface area contributed by atoms with E-state index in [1.54, 1.807) is 6.92 Å². The van der Waals surface area contributed by atoms with E-state index in [9.17, 15) is 23.1 Å². The van der Waals surface area contributed by atoms with Crippen LogP contribution in [-0.2, 0) is 22.8 Å². The molecule has 0 saturated heterocycles. The smallest absolute Gasteiger partial charge is 0.416 e. The molecule has 0 saturated carbocycles. The van der Waals surface area contributed by atoms with Gasteiger partial charge in [0, 0.05) is 5.56 Å². The molecular formula is C22H17F3N4O2. The lowest BCUT2D eigenvalue weighted by molar-refractivity contribution is -0.143. The Balaban J connectivity index is 1.80. The zero-order valence-corrected chi connectivity index (χ0v) is 16.3. The molecule has 0 spiro atoms. The summed E-state index contributed by atoms with van der Waals surface area (Å²) in [7, 11) is 0. The van der Waals surface area contributed by atoms with Gasteiger partial charge in [-0.25, -0.2) is 4.52 Å². The predicted octanol–water partition coefficient (Wildman–Crippen LogP) is 4.40. The average Bonchev–Trinajstić information content (AvgIpc) is 3.18. The minimum atomic E-state index is -4.44. The fourth-order valence-electron chi connectivity index (χ4n) is 3.51. The first-order valence-corrected chi connectivity index (χ1v) is 9.35. The van der Waals surface area contributed by atoms with Crippen molar-refractivity contribution < 1.29 is 23.1 Å². The Kier molecular flexibility index (Phi) is 4.96. The van der Waals surface area contributed by atoms with Crippen LogP contribution < -0.4 is 0 Å². The lowest BCUT2D eigenvalue weighted by Gasteiger charge is -2.25. The first kappa shape index (κ1) is 20.5. The Labute approximate surface area is 175 Å². The van der Waals surface area contributed by atoms with E-state index in [0.29, 0.717) is 16.8 Å². The number of benzene rings is 2. The first-order chi connectivity index (χ1) is 14.7. The van der Waals surface area contributed by atoms with Gasteiger partial charge in [0.05, 0.1) is 23.7 Å². The van der Waals surface area contributed by atoms with Crippen molar-refractivity contribution in [1.82, 2.24) is 19.8 Å². The lowest BCUT2D eigenvalue weighted by atomic mass is 9.80. The highest BCUT2D eigenvalue weighted by Crippen LogP contribution is 2.33. The van der Waals surface area contributed by atoms with Crippen molar-refractivity contribution in [3.8, 4) is 11.1 Å². The van der Waals surface area contributed by atoms with Crippen molar-refractivity contribution in [1.29, 1.82) is 0 Å². The van der Waals surface area contributed by atoms with Crippen molar-refractivity contribution in [2.75, 3.05) is 0 Å². The molecule has 0 aliphatic heterocycles. The van der Waals surface area contributed by atoms with Crippen LogP contribution >= 0.6 is 0 Å². The summed E-state index contributed by atoms with van der Waals surface area (Å²) in [4.78, 5) is 12.3. The lowest BCUT2D eigenvalue weighted by Crippen LogP contribution is -2.37. The molecule has 4 rings (SSSR count). The van der Waals surface area contributed by atoms with Gasteiger partial charge in [-0.15, -0.1) is 5.10 Å². The standard InChI is InChI=1S/C22H17F3N4O2/c1-21(20(30)31,11-14-5-3-2-4-6-14)18-13-26-28-19-17(12-27-29(18)19)15-7-9-16(10-8-15)22(23,24)25/h2-10,12-13H,11H2,1H3,(H,30,31). The van der Waals surface area contributed by atoms with E-state index >= 15 is 0 Å². The van der Waals surface area contributed by atoms with E-state index in [0.717, 1.165) is 17.7 Å². The summed E-state index contributed by atoms with van der Waals surface area (Å²) in [6.45, 7) is 1.58. The number of halogens is 3. The Morgan fingerprint density at radius 3 is 2.32 bits per heavy atom. The van der Waals surface area contributed by atoms with E-state index in [2.05, 4.69) is 15.3 Å². The molecule has 2 aromatic heterocycles. The molecule has 1 N–H and O–H groups in total. The molecule has 2 heterocycles. The van der Waals surface area contributed by atoms with Gasteiger partial charge < -0.3 is 5.11 Å². The second-order valence-electron chi connectivity index (χ2n) is 7.40. The highest BCUT2D eigenvalue weighted by molar-refractivity contribution is 5.82. The third kappa shape index (κ3) is 3.74. The SMILES string of the molecule is CC(Cc1ccccc1)(C(=O)O)c1cnnc2c(-c3ccc(C(F)(F)F)cc3)cnn12. The number of carboxylic acid groups (broad SMARTS) is 1. The maximum absolute atomic E-state index is 12.9. The van der Waals surface area contributed by atoms with Crippen molar-refractivity contribution in [2.45, 2.75) is 24.9 Å². The molecule has 31 heavy (non-hydrogen) atoms. The van der Waals surface area contributed by atoms with Crippen LogP contribution in [0.4, 0.5) is 13.2 Å². The fourth-order valence-corrected chi connectivity index (χ4v) is 3.51. The number of nitrogens with zero attached hydrogens (tertiary/aromatic N) is 4. The Morgan fingerprint density at radius 1 is 1.03 bits per heavy atom. The largest absolute Gasteiger partial charge is 0.481 e. The normalized spacial score (nSPS) is 13.8. The van der Waals surface area contributed by atoms with Crippen LogP contribution in [0.25, 0.3) is 16.8 Å². The van der Waals surface area contributed by atoms with Crippen LogP contribution in [0.2, 0.25) is 0 Å². The molecule has 0 aliphatic carbocycles.